The number of anilines is 1. The molecule has 17 heavy (non-hydrogen) atoms. The van der Waals surface area contributed by atoms with Gasteiger partial charge in [0.2, 0.25) is 0 Å². The lowest BCUT2D eigenvalue weighted by Gasteiger charge is -2.12. The van der Waals surface area contributed by atoms with Gasteiger partial charge in [0.15, 0.2) is 0 Å². The molecule has 1 heterocycles. The summed E-state index contributed by atoms with van der Waals surface area (Å²) >= 11 is 3.46. The molecule has 0 aliphatic heterocycles. The summed E-state index contributed by atoms with van der Waals surface area (Å²) in [4.78, 5) is 0. The molecule has 2 aromatic rings. The highest BCUT2D eigenvalue weighted by atomic mass is 79.9. The van der Waals surface area contributed by atoms with Crippen molar-refractivity contribution in [3.05, 3.63) is 52.4 Å². The molecule has 2 rings (SSSR count). The highest BCUT2D eigenvalue weighted by molar-refractivity contribution is 9.10. The lowest BCUT2D eigenvalue weighted by molar-refractivity contribution is 0.162. The van der Waals surface area contributed by atoms with Crippen molar-refractivity contribution < 1.29 is 9.52 Å². The van der Waals surface area contributed by atoms with Gasteiger partial charge in [-0.25, -0.2) is 0 Å². The standard InChI is InChI=1S/C13H14BrNO2/c1-9-4-5-10(14)11(7-9)15-8-12(16)13-3-2-6-17-13/h2-7,12,15-16H,8H2,1H3. The van der Waals surface area contributed by atoms with Gasteiger partial charge in [-0.2, -0.15) is 0 Å². The Hall–Kier alpha value is -1.26. The van der Waals surface area contributed by atoms with Gasteiger partial charge in [0, 0.05) is 16.7 Å². The van der Waals surface area contributed by atoms with Crippen molar-refractivity contribution >= 4 is 21.6 Å². The second kappa shape index (κ2) is 5.38. The minimum absolute atomic E-state index is 0.412. The molecule has 0 amide bonds. The third kappa shape index (κ3) is 3.11. The van der Waals surface area contributed by atoms with Crippen molar-refractivity contribution in [1.82, 2.24) is 0 Å². The molecule has 0 fully saturated rings. The largest absolute Gasteiger partial charge is 0.467 e. The van der Waals surface area contributed by atoms with Gasteiger partial charge in [0.25, 0.3) is 0 Å². The number of aryl methyl sites for hydroxylation is 1. The van der Waals surface area contributed by atoms with Crippen LogP contribution in [-0.2, 0) is 0 Å². The van der Waals surface area contributed by atoms with Gasteiger partial charge < -0.3 is 14.8 Å². The van der Waals surface area contributed by atoms with Crippen LogP contribution in [-0.4, -0.2) is 11.7 Å². The molecule has 0 bridgehead atoms. The van der Waals surface area contributed by atoms with E-state index in [0.29, 0.717) is 12.3 Å². The van der Waals surface area contributed by atoms with E-state index in [1.54, 1.807) is 18.4 Å². The molecule has 0 aliphatic rings. The van der Waals surface area contributed by atoms with Crippen molar-refractivity contribution in [2.45, 2.75) is 13.0 Å². The number of hydrogen-bond acceptors (Lipinski definition) is 3. The summed E-state index contributed by atoms with van der Waals surface area (Å²) in [5.41, 5.74) is 2.14. The lowest BCUT2D eigenvalue weighted by Crippen LogP contribution is -2.11. The highest BCUT2D eigenvalue weighted by Gasteiger charge is 2.10. The molecule has 0 saturated carbocycles. The summed E-state index contributed by atoms with van der Waals surface area (Å²) in [6.07, 6.45) is 0.915. The van der Waals surface area contributed by atoms with Crippen LogP contribution in [0, 0.1) is 6.92 Å². The maximum Gasteiger partial charge on any atom is 0.134 e. The van der Waals surface area contributed by atoms with Gasteiger partial charge in [0.05, 0.1) is 6.26 Å². The van der Waals surface area contributed by atoms with E-state index >= 15 is 0 Å². The smallest absolute Gasteiger partial charge is 0.134 e. The maximum absolute atomic E-state index is 9.86. The fourth-order valence-corrected chi connectivity index (χ4v) is 1.95. The Morgan fingerprint density at radius 1 is 1.41 bits per heavy atom. The van der Waals surface area contributed by atoms with Gasteiger partial charge in [-0.15, -0.1) is 0 Å². The summed E-state index contributed by atoms with van der Waals surface area (Å²) < 4.78 is 6.12. The van der Waals surface area contributed by atoms with Crippen LogP contribution < -0.4 is 5.32 Å². The first-order valence-corrected chi connectivity index (χ1v) is 6.17. The summed E-state index contributed by atoms with van der Waals surface area (Å²) in [7, 11) is 0. The average Bonchev–Trinajstić information content (AvgIpc) is 2.83. The number of furan rings is 1. The fourth-order valence-electron chi connectivity index (χ4n) is 1.56. The van der Waals surface area contributed by atoms with Crippen LogP contribution in [0.2, 0.25) is 0 Å². The van der Waals surface area contributed by atoms with E-state index in [4.69, 9.17) is 4.42 Å². The van der Waals surface area contributed by atoms with Gasteiger partial charge >= 0.3 is 0 Å². The summed E-state index contributed by atoms with van der Waals surface area (Å²) in [6, 6.07) is 9.56. The van der Waals surface area contributed by atoms with Crippen LogP contribution in [0.1, 0.15) is 17.4 Å². The number of aliphatic hydroxyl groups excluding tert-OH is 1. The third-order valence-corrected chi connectivity index (χ3v) is 3.17. The number of rotatable bonds is 4. The minimum atomic E-state index is -0.641. The Bertz CT molecular complexity index is 482. The number of benzene rings is 1. The quantitative estimate of drug-likeness (QED) is 0.907. The Kier molecular flexibility index (Phi) is 3.86. The number of aliphatic hydroxyl groups is 1. The van der Waals surface area contributed by atoms with E-state index in [1.807, 2.05) is 25.1 Å². The molecule has 1 aromatic heterocycles. The summed E-state index contributed by atoms with van der Waals surface area (Å²) in [5, 5.41) is 13.0. The predicted octanol–water partition coefficient (Wildman–Crippen LogP) is 3.50. The van der Waals surface area contributed by atoms with E-state index in [2.05, 4.69) is 21.2 Å². The maximum atomic E-state index is 9.86. The van der Waals surface area contributed by atoms with Gasteiger partial charge in [-0.3, -0.25) is 0 Å². The average molecular weight is 296 g/mol. The van der Waals surface area contributed by atoms with Gasteiger partial charge in [-0.05, 0) is 52.7 Å². The molecule has 0 saturated heterocycles. The molecule has 4 heteroatoms. The first-order valence-electron chi connectivity index (χ1n) is 5.38. The fraction of sp³-hybridized carbons (Fsp3) is 0.231. The van der Waals surface area contributed by atoms with Crippen LogP contribution in [0.25, 0.3) is 0 Å². The van der Waals surface area contributed by atoms with Crippen molar-refractivity contribution in [2.24, 2.45) is 0 Å². The van der Waals surface area contributed by atoms with Crippen LogP contribution >= 0.6 is 15.9 Å². The Morgan fingerprint density at radius 3 is 2.94 bits per heavy atom. The minimum Gasteiger partial charge on any atom is -0.467 e. The van der Waals surface area contributed by atoms with Crippen molar-refractivity contribution in [3.8, 4) is 0 Å². The zero-order chi connectivity index (χ0) is 12.3. The molecule has 1 aromatic carbocycles. The molecule has 2 N–H and O–H groups in total. The number of nitrogens with one attached hydrogen (secondary N) is 1. The molecule has 1 atom stereocenters. The van der Waals surface area contributed by atoms with Crippen LogP contribution in [0.5, 0.6) is 0 Å². The second-order valence-electron chi connectivity index (χ2n) is 3.90. The predicted molar refractivity (Wildman–Crippen MR) is 71.0 cm³/mol. The van der Waals surface area contributed by atoms with Crippen LogP contribution in [0.3, 0.4) is 0 Å². The zero-order valence-corrected chi connectivity index (χ0v) is 11.1. The molecule has 90 valence electrons. The van der Waals surface area contributed by atoms with Crippen molar-refractivity contribution in [1.29, 1.82) is 0 Å². The van der Waals surface area contributed by atoms with Crippen molar-refractivity contribution in [2.75, 3.05) is 11.9 Å². The third-order valence-electron chi connectivity index (χ3n) is 2.48. The summed E-state index contributed by atoms with van der Waals surface area (Å²) in [6.45, 7) is 2.44. The monoisotopic (exact) mass is 295 g/mol. The normalized spacial score (nSPS) is 12.4. The molecular weight excluding hydrogens is 282 g/mol. The van der Waals surface area contributed by atoms with Gasteiger partial charge in [-0.1, -0.05) is 6.07 Å². The molecule has 3 nitrogen and oxygen atoms in total. The van der Waals surface area contributed by atoms with E-state index < -0.39 is 6.10 Å². The van der Waals surface area contributed by atoms with Crippen LogP contribution in [0.4, 0.5) is 5.69 Å². The summed E-state index contributed by atoms with van der Waals surface area (Å²) in [5.74, 6) is 0.571. The van der Waals surface area contributed by atoms with Gasteiger partial charge in [0.1, 0.15) is 11.9 Å². The topological polar surface area (TPSA) is 45.4 Å². The van der Waals surface area contributed by atoms with E-state index in [9.17, 15) is 5.11 Å². The number of halogens is 1. The molecular formula is C13H14BrNO2. The zero-order valence-electron chi connectivity index (χ0n) is 9.48. The molecule has 1 unspecified atom stereocenters. The number of hydrogen-bond donors (Lipinski definition) is 2. The molecule has 0 spiro atoms. The molecule has 0 aliphatic carbocycles. The Balaban J connectivity index is 2.00. The SMILES string of the molecule is Cc1ccc(Br)c(NCC(O)c2ccco2)c1. The van der Waals surface area contributed by atoms with Crippen molar-refractivity contribution in [3.63, 3.8) is 0 Å². The Labute approximate surface area is 109 Å². The molecule has 0 radical (unpaired) electrons. The first-order chi connectivity index (χ1) is 8.16. The first kappa shape index (κ1) is 12.2. The highest BCUT2D eigenvalue weighted by Crippen LogP contribution is 2.24. The van der Waals surface area contributed by atoms with E-state index in [0.717, 1.165) is 10.2 Å². The lowest BCUT2D eigenvalue weighted by atomic mass is 10.2. The Morgan fingerprint density at radius 2 is 2.24 bits per heavy atom. The van der Waals surface area contributed by atoms with E-state index in [1.165, 1.54) is 5.56 Å². The van der Waals surface area contributed by atoms with E-state index in [-0.39, 0.29) is 0 Å². The second-order valence-corrected chi connectivity index (χ2v) is 4.75. The van der Waals surface area contributed by atoms with Crippen LogP contribution in [0.15, 0.2) is 45.5 Å².